The fraction of sp³-hybridized carbons (Fsp3) is 0.467. The predicted octanol–water partition coefficient (Wildman–Crippen LogP) is 3.20. The van der Waals surface area contributed by atoms with Gasteiger partial charge in [0.1, 0.15) is 5.82 Å². The van der Waals surface area contributed by atoms with E-state index < -0.39 is 0 Å². The molecule has 0 unspecified atom stereocenters. The summed E-state index contributed by atoms with van der Waals surface area (Å²) in [4.78, 5) is 18.2. The molecule has 1 saturated heterocycles. The van der Waals surface area contributed by atoms with Crippen molar-refractivity contribution in [3.8, 4) is 6.07 Å². The van der Waals surface area contributed by atoms with E-state index in [0.29, 0.717) is 23.8 Å². The van der Waals surface area contributed by atoms with Gasteiger partial charge in [-0.25, -0.2) is 4.39 Å². The molecule has 1 aromatic rings. The number of nitrogens with zero attached hydrogens (tertiary/aromatic N) is 2. The van der Waals surface area contributed by atoms with E-state index in [4.69, 9.17) is 26.5 Å². The first-order valence-electron chi connectivity index (χ1n) is 6.69. The number of hydrogen-bond donors (Lipinski definition) is 0. The number of anilines is 1. The van der Waals surface area contributed by atoms with E-state index >= 15 is 0 Å². The molecule has 0 atom stereocenters. The molecule has 0 radical (unpaired) electrons. The standard InChI is InChI=1S/C14H16ClFN2.CO2/c1-2-10-7-12(15)14(13(16)8-10)18-5-3-11(9-17)4-6-18;2-1-3/h7-8,11H,2-6H2,1H3;. The van der Waals surface area contributed by atoms with Gasteiger partial charge in [0.25, 0.3) is 0 Å². The molecule has 0 N–H and O–H groups in total. The second-order valence-electron chi connectivity index (χ2n) is 4.74. The van der Waals surface area contributed by atoms with Crippen molar-refractivity contribution in [1.29, 1.82) is 5.26 Å². The summed E-state index contributed by atoms with van der Waals surface area (Å²) < 4.78 is 14.1. The normalized spacial score (nSPS) is 14.7. The van der Waals surface area contributed by atoms with E-state index in [0.717, 1.165) is 24.8 Å². The maximum Gasteiger partial charge on any atom is 0.373 e. The number of aryl methyl sites for hydroxylation is 1. The summed E-state index contributed by atoms with van der Waals surface area (Å²) in [5, 5.41) is 9.33. The number of piperidine rings is 1. The largest absolute Gasteiger partial charge is 0.373 e. The van der Waals surface area contributed by atoms with E-state index in [-0.39, 0.29) is 17.9 Å². The summed E-state index contributed by atoms with van der Waals surface area (Å²) in [6.07, 6.45) is 2.58. The summed E-state index contributed by atoms with van der Waals surface area (Å²) in [6.45, 7) is 3.36. The average molecular weight is 311 g/mol. The molecule has 0 saturated carbocycles. The topological polar surface area (TPSA) is 61.2 Å². The van der Waals surface area contributed by atoms with E-state index in [1.165, 1.54) is 0 Å². The lowest BCUT2D eigenvalue weighted by atomic mass is 9.98. The molecular weight excluding hydrogens is 295 g/mol. The van der Waals surface area contributed by atoms with Crippen LogP contribution in [0.5, 0.6) is 0 Å². The summed E-state index contributed by atoms with van der Waals surface area (Å²) >= 11 is 6.17. The Kier molecular flexibility index (Phi) is 6.87. The minimum Gasteiger partial charge on any atom is -0.368 e. The zero-order valence-electron chi connectivity index (χ0n) is 11.7. The Morgan fingerprint density at radius 2 is 1.95 bits per heavy atom. The molecule has 1 fully saturated rings. The minimum absolute atomic E-state index is 0.0954. The highest BCUT2D eigenvalue weighted by Gasteiger charge is 2.23. The van der Waals surface area contributed by atoms with Gasteiger partial charge >= 0.3 is 6.15 Å². The quantitative estimate of drug-likeness (QED) is 0.841. The van der Waals surface area contributed by atoms with Crippen LogP contribution in [0, 0.1) is 23.1 Å². The molecule has 112 valence electrons. The molecule has 1 aliphatic rings. The smallest absolute Gasteiger partial charge is 0.368 e. The van der Waals surface area contributed by atoms with Crippen molar-refractivity contribution in [1.82, 2.24) is 0 Å². The Labute approximate surface area is 128 Å². The first kappa shape index (κ1) is 17.2. The highest BCUT2D eigenvalue weighted by Crippen LogP contribution is 2.33. The van der Waals surface area contributed by atoms with Crippen molar-refractivity contribution in [3.63, 3.8) is 0 Å². The summed E-state index contributed by atoms with van der Waals surface area (Å²) in [5.74, 6) is -0.159. The summed E-state index contributed by atoms with van der Waals surface area (Å²) in [5.41, 5.74) is 1.40. The van der Waals surface area contributed by atoms with Gasteiger partial charge in [0.2, 0.25) is 0 Å². The van der Waals surface area contributed by atoms with Gasteiger partial charge in [-0.2, -0.15) is 14.9 Å². The van der Waals surface area contributed by atoms with Crippen LogP contribution in [0.1, 0.15) is 25.3 Å². The highest BCUT2D eigenvalue weighted by atomic mass is 35.5. The van der Waals surface area contributed by atoms with Crippen molar-refractivity contribution in [2.75, 3.05) is 18.0 Å². The number of halogens is 2. The molecule has 0 spiro atoms. The number of nitriles is 1. The third-order valence-corrected chi connectivity index (χ3v) is 3.77. The Balaban J connectivity index is 0.000000677. The second kappa shape index (κ2) is 8.41. The van der Waals surface area contributed by atoms with Crippen LogP contribution in [-0.4, -0.2) is 19.2 Å². The molecule has 0 aliphatic carbocycles. The maximum atomic E-state index is 14.1. The third-order valence-electron chi connectivity index (χ3n) is 3.48. The first-order valence-corrected chi connectivity index (χ1v) is 7.06. The zero-order chi connectivity index (χ0) is 15.8. The van der Waals surface area contributed by atoms with Gasteiger partial charge < -0.3 is 4.90 Å². The number of benzene rings is 1. The molecular formula is C15H16ClFN2O2. The predicted molar refractivity (Wildman–Crippen MR) is 76.3 cm³/mol. The molecule has 1 aromatic carbocycles. The van der Waals surface area contributed by atoms with Crippen molar-refractivity contribution in [2.45, 2.75) is 26.2 Å². The number of carbonyl (C=O) groups excluding carboxylic acids is 2. The fourth-order valence-corrected chi connectivity index (χ4v) is 2.71. The lowest BCUT2D eigenvalue weighted by Crippen LogP contribution is -2.34. The van der Waals surface area contributed by atoms with Crippen molar-refractivity contribution < 1.29 is 14.0 Å². The van der Waals surface area contributed by atoms with Crippen LogP contribution in [0.4, 0.5) is 10.1 Å². The van der Waals surface area contributed by atoms with Crippen LogP contribution >= 0.6 is 11.6 Å². The van der Waals surface area contributed by atoms with E-state index in [2.05, 4.69) is 6.07 Å². The zero-order valence-corrected chi connectivity index (χ0v) is 12.5. The first-order chi connectivity index (χ1) is 10.1. The van der Waals surface area contributed by atoms with E-state index in [1.807, 2.05) is 17.9 Å². The van der Waals surface area contributed by atoms with Gasteiger partial charge in [0, 0.05) is 19.0 Å². The fourth-order valence-electron chi connectivity index (χ4n) is 2.36. The van der Waals surface area contributed by atoms with Gasteiger partial charge in [-0.15, -0.1) is 0 Å². The van der Waals surface area contributed by atoms with Gasteiger partial charge in [-0.05, 0) is 37.0 Å². The molecule has 2 rings (SSSR count). The molecule has 0 amide bonds. The monoisotopic (exact) mass is 310 g/mol. The lowest BCUT2D eigenvalue weighted by molar-refractivity contribution is -0.191. The number of rotatable bonds is 2. The average Bonchev–Trinajstić information content (AvgIpc) is 2.48. The second-order valence-corrected chi connectivity index (χ2v) is 5.14. The van der Waals surface area contributed by atoms with Gasteiger partial charge in [-0.1, -0.05) is 18.5 Å². The van der Waals surface area contributed by atoms with Crippen molar-refractivity contribution in [2.24, 2.45) is 5.92 Å². The molecule has 0 bridgehead atoms. The molecule has 0 aromatic heterocycles. The molecule has 6 heteroatoms. The minimum atomic E-state index is -0.255. The van der Waals surface area contributed by atoms with Crippen LogP contribution in [0.2, 0.25) is 5.02 Å². The van der Waals surface area contributed by atoms with Crippen molar-refractivity contribution in [3.05, 3.63) is 28.5 Å². The van der Waals surface area contributed by atoms with Crippen LogP contribution in [-0.2, 0) is 16.0 Å². The molecule has 4 nitrogen and oxygen atoms in total. The Bertz CT molecular complexity index is 534. The lowest BCUT2D eigenvalue weighted by Gasteiger charge is -2.32. The number of hydrogen-bond acceptors (Lipinski definition) is 4. The highest BCUT2D eigenvalue weighted by molar-refractivity contribution is 6.33. The van der Waals surface area contributed by atoms with Crippen LogP contribution in [0.25, 0.3) is 0 Å². The molecule has 1 heterocycles. The van der Waals surface area contributed by atoms with Gasteiger partial charge in [-0.3, -0.25) is 0 Å². The maximum absolute atomic E-state index is 14.1. The van der Waals surface area contributed by atoms with E-state index in [1.54, 1.807) is 6.07 Å². The molecule has 21 heavy (non-hydrogen) atoms. The summed E-state index contributed by atoms with van der Waals surface area (Å²) in [6, 6.07) is 5.65. The van der Waals surface area contributed by atoms with Crippen LogP contribution in [0.3, 0.4) is 0 Å². The van der Waals surface area contributed by atoms with Crippen molar-refractivity contribution >= 4 is 23.4 Å². The van der Waals surface area contributed by atoms with Crippen LogP contribution in [0.15, 0.2) is 12.1 Å². The van der Waals surface area contributed by atoms with E-state index in [9.17, 15) is 4.39 Å². The molecule has 1 aliphatic heterocycles. The Hall–Kier alpha value is -1.89. The Morgan fingerprint density at radius 1 is 1.38 bits per heavy atom. The SMILES string of the molecule is CCc1cc(F)c(N2CCC(C#N)CC2)c(Cl)c1.O=C=O. The summed E-state index contributed by atoms with van der Waals surface area (Å²) in [7, 11) is 0. The Morgan fingerprint density at radius 3 is 2.38 bits per heavy atom. The van der Waals surface area contributed by atoms with Gasteiger partial charge in [0.15, 0.2) is 0 Å². The van der Waals surface area contributed by atoms with Gasteiger partial charge in [0.05, 0.1) is 16.8 Å². The third kappa shape index (κ3) is 4.56. The van der Waals surface area contributed by atoms with Crippen LogP contribution < -0.4 is 4.90 Å².